The number of carbonyl (C=O) groups excluding carboxylic acids is 2. The molecule has 10 heteroatoms. The summed E-state index contributed by atoms with van der Waals surface area (Å²) in [6.07, 6.45) is 1.61. The van der Waals surface area contributed by atoms with Gasteiger partial charge in [-0.25, -0.2) is 13.2 Å². The van der Waals surface area contributed by atoms with Gasteiger partial charge in [0, 0.05) is 31.4 Å². The number of aromatic hydroxyl groups is 1. The lowest BCUT2D eigenvalue weighted by molar-refractivity contribution is 0.0520. The molecule has 1 aromatic carbocycles. The quantitative estimate of drug-likeness (QED) is 0.754. The van der Waals surface area contributed by atoms with Gasteiger partial charge in [-0.1, -0.05) is 0 Å². The molecule has 0 aliphatic carbocycles. The standard InChI is InChI=1S/C22H22F3N3O4/c1-11-6-14(23)12(15(24)7-11)8-26-20(31)13-9-28-16-10-27(5-3-4-22(16,2)25)21(32)17(28)19(30)18(13)29/h6-7,9,16,30H,3-5,8,10H2,1-2H3,(H,26,31)/t16-,22+/m1/s1. The van der Waals surface area contributed by atoms with E-state index in [2.05, 4.69) is 5.32 Å². The molecule has 2 N–H and O–H groups in total. The maximum absolute atomic E-state index is 15.4. The van der Waals surface area contributed by atoms with E-state index in [4.69, 9.17) is 0 Å². The molecule has 1 aromatic heterocycles. The molecule has 4 rings (SSSR count). The summed E-state index contributed by atoms with van der Waals surface area (Å²) >= 11 is 0. The Morgan fingerprint density at radius 3 is 2.59 bits per heavy atom. The van der Waals surface area contributed by atoms with Crippen LogP contribution in [0, 0.1) is 18.6 Å². The minimum absolute atomic E-state index is 0.0298. The number of amides is 2. The van der Waals surface area contributed by atoms with Crippen LogP contribution in [0.15, 0.2) is 23.1 Å². The van der Waals surface area contributed by atoms with Crippen molar-refractivity contribution in [3.05, 3.63) is 62.6 Å². The van der Waals surface area contributed by atoms with E-state index in [1.807, 2.05) is 0 Å². The summed E-state index contributed by atoms with van der Waals surface area (Å²) in [6.45, 7) is 2.66. The Morgan fingerprint density at radius 2 is 1.94 bits per heavy atom. The molecule has 0 saturated carbocycles. The second-order valence-electron chi connectivity index (χ2n) is 8.51. The van der Waals surface area contributed by atoms with Crippen molar-refractivity contribution in [1.29, 1.82) is 0 Å². The van der Waals surface area contributed by atoms with Gasteiger partial charge in [0.25, 0.3) is 11.8 Å². The zero-order valence-electron chi connectivity index (χ0n) is 17.5. The molecule has 2 aliphatic heterocycles. The molecule has 2 bridgehead atoms. The molecule has 1 fully saturated rings. The number of aryl methyl sites for hydroxylation is 1. The van der Waals surface area contributed by atoms with Crippen LogP contribution in [0.2, 0.25) is 0 Å². The monoisotopic (exact) mass is 449 g/mol. The summed E-state index contributed by atoms with van der Waals surface area (Å²) in [4.78, 5) is 39.5. The van der Waals surface area contributed by atoms with E-state index in [0.717, 1.165) is 22.9 Å². The van der Waals surface area contributed by atoms with Crippen molar-refractivity contribution >= 4 is 11.8 Å². The Bertz CT molecular complexity index is 1170. The topological polar surface area (TPSA) is 91.6 Å². The van der Waals surface area contributed by atoms with Gasteiger partial charge >= 0.3 is 0 Å². The Balaban J connectivity index is 1.72. The summed E-state index contributed by atoms with van der Waals surface area (Å²) < 4.78 is 44.6. The highest BCUT2D eigenvalue weighted by atomic mass is 19.1. The number of rotatable bonds is 3. The van der Waals surface area contributed by atoms with E-state index in [-0.39, 0.29) is 18.7 Å². The van der Waals surface area contributed by atoms with E-state index in [9.17, 15) is 28.3 Å². The first-order valence-corrected chi connectivity index (χ1v) is 10.2. The van der Waals surface area contributed by atoms with Crippen LogP contribution in [-0.4, -0.2) is 45.1 Å². The zero-order chi connectivity index (χ0) is 23.4. The molecule has 2 atom stereocenters. The first-order valence-electron chi connectivity index (χ1n) is 10.2. The Kier molecular flexibility index (Phi) is 5.26. The molecule has 32 heavy (non-hydrogen) atoms. The predicted octanol–water partition coefficient (Wildman–Crippen LogP) is 2.59. The molecule has 7 nitrogen and oxygen atoms in total. The Labute approximate surface area is 181 Å². The van der Waals surface area contributed by atoms with Crippen LogP contribution < -0.4 is 10.7 Å². The number of halogens is 3. The fraction of sp³-hybridized carbons (Fsp3) is 0.409. The number of hydrogen-bond acceptors (Lipinski definition) is 4. The third kappa shape index (κ3) is 3.53. The van der Waals surface area contributed by atoms with Crippen LogP contribution in [0.1, 0.15) is 57.8 Å². The van der Waals surface area contributed by atoms with Crippen molar-refractivity contribution < 1.29 is 27.9 Å². The van der Waals surface area contributed by atoms with Gasteiger partial charge in [-0.3, -0.25) is 14.4 Å². The maximum Gasteiger partial charge on any atom is 0.274 e. The normalized spacial score (nSPS) is 22.3. The summed E-state index contributed by atoms with van der Waals surface area (Å²) in [7, 11) is 0. The van der Waals surface area contributed by atoms with Crippen LogP contribution in [-0.2, 0) is 6.54 Å². The number of pyridine rings is 1. The van der Waals surface area contributed by atoms with Crippen LogP contribution in [0.4, 0.5) is 13.2 Å². The van der Waals surface area contributed by atoms with Crippen molar-refractivity contribution in [2.75, 3.05) is 13.1 Å². The number of fused-ring (bicyclic) bond motifs is 4. The average molecular weight is 449 g/mol. The van der Waals surface area contributed by atoms with Gasteiger partial charge in [-0.05, 0) is 44.4 Å². The Morgan fingerprint density at radius 1 is 1.28 bits per heavy atom. The van der Waals surface area contributed by atoms with Crippen molar-refractivity contribution in [1.82, 2.24) is 14.8 Å². The molecule has 0 radical (unpaired) electrons. The van der Waals surface area contributed by atoms with Crippen molar-refractivity contribution in [3.8, 4) is 5.75 Å². The summed E-state index contributed by atoms with van der Waals surface area (Å²) in [6, 6.07) is 1.30. The highest BCUT2D eigenvalue weighted by Gasteiger charge is 2.46. The van der Waals surface area contributed by atoms with Crippen molar-refractivity contribution in [2.24, 2.45) is 0 Å². The first kappa shape index (κ1) is 21.9. The molecule has 2 aliphatic rings. The minimum atomic E-state index is -1.76. The molecule has 2 aromatic rings. The second kappa shape index (κ2) is 7.68. The number of nitrogens with zero attached hydrogens (tertiary/aromatic N) is 2. The average Bonchev–Trinajstić information content (AvgIpc) is 2.84. The highest BCUT2D eigenvalue weighted by molar-refractivity contribution is 5.99. The number of nitrogens with one attached hydrogen (secondary N) is 1. The SMILES string of the molecule is Cc1cc(F)c(CNC(=O)c2cn3c(c(O)c2=O)C(=O)N2CCC[C@](C)(F)[C@H]3C2)c(F)c1. The third-order valence-corrected chi connectivity index (χ3v) is 6.17. The van der Waals surface area contributed by atoms with Crippen LogP contribution >= 0.6 is 0 Å². The smallest absolute Gasteiger partial charge is 0.274 e. The van der Waals surface area contributed by atoms with E-state index in [1.165, 1.54) is 18.7 Å². The lowest BCUT2D eigenvalue weighted by atomic mass is 9.92. The molecule has 0 spiro atoms. The van der Waals surface area contributed by atoms with Crippen molar-refractivity contribution in [2.45, 2.75) is 44.9 Å². The summed E-state index contributed by atoms with van der Waals surface area (Å²) in [5.41, 5.74) is -3.83. The number of benzene rings is 1. The van der Waals surface area contributed by atoms with Gasteiger partial charge in [0.05, 0.1) is 6.04 Å². The van der Waals surface area contributed by atoms with Gasteiger partial charge in [-0.15, -0.1) is 0 Å². The number of carbonyl (C=O) groups is 2. The Hall–Kier alpha value is -3.30. The molecular formula is C22H22F3N3O4. The zero-order valence-corrected chi connectivity index (χ0v) is 17.5. The molecule has 0 unspecified atom stereocenters. The fourth-order valence-electron chi connectivity index (χ4n) is 4.39. The van der Waals surface area contributed by atoms with Gasteiger partial charge in [0.15, 0.2) is 11.4 Å². The lowest BCUT2D eigenvalue weighted by Gasteiger charge is -2.38. The lowest BCUT2D eigenvalue weighted by Crippen LogP contribution is -2.48. The molecule has 2 amide bonds. The highest BCUT2D eigenvalue weighted by Crippen LogP contribution is 2.40. The fourth-order valence-corrected chi connectivity index (χ4v) is 4.39. The summed E-state index contributed by atoms with van der Waals surface area (Å²) in [5, 5.41) is 12.7. The van der Waals surface area contributed by atoms with Crippen LogP contribution in [0.5, 0.6) is 5.75 Å². The maximum atomic E-state index is 15.4. The minimum Gasteiger partial charge on any atom is -0.503 e. The van der Waals surface area contributed by atoms with Crippen LogP contribution in [0.25, 0.3) is 0 Å². The van der Waals surface area contributed by atoms with Gasteiger partial charge in [0.2, 0.25) is 5.43 Å². The molecule has 1 saturated heterocycles. The van der Waals surface area contributed by atoms with Gasteiger partial charge in [-0.2, -0.15) is 0 Å². The molecular weight excluding hydrogens is 427 g/mol. The number of alkyl halides is 1. The first-order chi connectivity index (χ1) is 15.0. The van der Waals surface area contributed by atoms with E-state index in [0.29, 0.717) is 18.5 Å². The van der Waals surface area contributed by atoms with Crippen molar-refractivity contribution in [3.63, 3.8) is 0 Å². The third-order valence-electron chi connectivity index (χ3n) is 6.17. The number of aromatic nitrogens is 1. The molecule has 3 heterocycles. The molecule has 170 valence electrons. The van der Waals surface area contributed by atoms with E-state index >= 15 is 4.39 Å². The largest absolute Gasteiger partial charge is 0.503 e. The number of hydrogen-bond donors (Lipinski definition) is 2. The van der Waals surface area contributed by atoms with Gasteiger partial charge < -0.3 is 19.9 Å². The van der Waals surface area contributed by atoms with Crippen LogP contribution in [0.3, 0.4) is 0 Å². The summed E-state index contributed by atoms with van der Waals surface area (Å²) in [5.74, 6) is -4.30. The van der Waals surface area contributed by atoms with E-state index in [1.54, 1.807) is 0 Å². The van der Waals surface area contributed by atoms with Gasteiger partial charge in [0.1, 0.15) is 22.9 Å². The predicted molar refractivity (Wildman–Crippen MR) is 108 cm³/mol. The van der Waals surface area contributed by atoms with E-state index < -0.39 is 64.0 Å². The second-order valence-corrected chi connectivity index (χ2v) is 8.51.